The monoisotopic (exact) mass is 399 g/mol. The summed E-state index contributed by atoms with van der Waals surface area (Å²) in [5, 5.41) is 6.62. The molecule has 0 fully saturated rings. The normalized spacial score (nSPS) is 11.1. The van der Waals surface area contributed by atoms with E-state index in [0.717, 1.165) is 33.7 Å². The van der Waals surface area contributed by atoms with Gasteiger partial charge in [-0.05, 0) is 30.3 Å². The maximum absolute atomic E-state index is 4.65. The zero-order chi connectivity index (χ0) is 20.5. The van der Waals surface area contributed by atoms with Crippen LogP contribution >= 0.6 is 0 Å². The standard InChI is InChI=1S/C21H21N9/c1-30(2)14-7-5-6-13(10-14)25-21-28-19(18-20(29-21)24-12-23-18)22-11-17-26-15-8-3-4-9-16(15)27-17/h3-10,12H,11H2,1-2H3,(H,26,27)(H3,22,23,24,25,28,29). The summed E-state index contributed by atoms with van der Waals surface area (Å²) in [6.45, 7) is 0.495. The smallest absolute Gasteiger partial charge is 0.231 e. The summed E-state index contributed by atoms with van der Waals surface area (Å²) in [6.07, 6.45) is 1.61. The van der Waals surface area contributed by atoms with Gasteiger partial charge in [0.25, 0.3) is 0 Å². The molecule has 5 aromatic rings. The predicted molar refractivity (Wildman–Crippen MR) is 119 cm³/mol. The topological polar surface area (TPSA) is 110 Å². The number of hydrogen-bond acceptors (Lipinski definition) is 7. The molecule has 0 spiro atoms. The average molecular weight is 399 g/mol. The fourth-order valence-electron chi connectivity index (χ4n) is 3.26. The average Bonchev–Trinajstić information content (AvgIpc) is 3.38. The summed E-state index contributed by atoms with van der Waals surface area (Å²) in [5.41, 5.74) is 5.27. The summed E-state index contributed by atoms with van der Waals surface area (Å²) in [4.78, 5) is 26.5. The molecule has 0 aliphatic carbocycles. The number of aromatic amines is 2. The van der Waals surface area contributed by atoms with Crippen LogP contribution in [-0.4, -0.2) is 44.0 Å². The molecular formula is C21H21N9. The van der Waals surface area contributed by atoms with Crippen molar-refractivity contribution in [2.75, 3.05) is 29.6 Å². The van der Waals surface area contributed by atoms with E-state index < -0.39 is 0 Å². The van der Waals surface area contributed by atoms with Gasteiger partial charge in [-0.3, -0.25) is 0 Å². The summed E-state index contributed by atoms with van der Waals surface area (Å²) >= 11 is 0. The van der Waals surface area contributed by atoms with Gasteiger partial charge in [-0.15, -0.1) is 0 Å². The maximum Gasteiger partial charge on any atom is 0.231 e. The van der Waals surface area contributed by atoms with Gasteiger partial charge >= 0.3 is 0 Å². The number of rotatable bonds is 6. The third-order valence-electron chi connectivity index (χ3n) is 4.77. The molecule has 3 heterocycles. The Morgan fingerprint density at radius 2 is 1.90 bits per heavy atom. The van der Waals surface area contributed by atoms with Gasteiger partial charge < -0.3 is 25.5 Å². The van der Waals surface area contributed by atoms with Crippen molar-refractivity contribution in [3.63, 3.8) is 0 Å². The lowest BCUT2D eigenvalue weighted by molar-refractivity contribution is 0.997. The lowest BCUT2D eigenvalue weighted by Gasteiger charge is -2.14. The summed E-state index contributed by atoms with van der Waals surface area (Å²) in [6, 6.07) is 16.0. The molecule has 0 saturated carbocycles. The highest BCUT2D eigenvalue weighted by atomic mass is 15.2. The highest BCUT2D eigenvalue weighted by molar-refractivity contribution is 5.84. The molecule has 5 rings (SSSR count). The third kappa shape index (κ3) is 3.48. The number of para-hydroxylation sites is 2. The van der Waals surface area contributed by atoms with Crippen LogP contribution in [0.3, 0.4) is 0 Å². The Labute approximate surface area is 172 Å². The summed E-state index contributed by atoms with van der Waals surface area (Å²) in [7, 11) is 4.01. The van der Waals surface area contributed by atoms with Gasteiger partial charge in [0, 0.05) is 25.5 Å². The lowest BCUT2D eigenvalue weighted by Crippen LogP contribution is -2.09. The number of anilines is 4. The van der Waals surface area contributed by atoms with Crippen molar-refractivity contribution in [2.45, 2.75) is 6.54 Å². The van der Waals surface area contributed by atoms with Crippen LogP contribution in [0.5, 0.6) is 0 Å². The fourth-order valence-corrected chi connectivity index (χ4v) is 3.26. The van der Waals surface area contributed by atoms with Crippen LogP contribution in [-0.2, 0) is 6.54 Å². The van der Waals surface area contributed by atoms with E-state index in [1.54, 1.807) is 6.33 Å². The Balaban J connectivity index is 1.42. The Morgan fingerprint density at radius 1 is 1.00 bits per heavy atom. The number of nitrogens with one attached hydrogen (secondary N) is 4. The summed E-state index contributed by atoms with van der Waals surface area (Å²) < 4.78 is 0. The van der Waals surface area contributed by atoms with E-state index in [9.17, 15) is 0 Å². The molecule has 150 valence electrons. The minimum absolute atomic E-state index is 0.470. The molecule has 0 atom stereocenters. The number of benzene rings is 2. The van der Waals surface area contributed by atoms with Crippen LogP contribution in [0.15, 0.2) is 54.9 Å². The van der Waals surface area contributed by atoms with Crippen molar-refractivity contribution in [1.82, 2.24) is 29.9 Å². The minimum atomic E-state index is 0.470. The Kier molecular flexibility index (Phi) is 4.40. The van der Waals surface area contributed by atoms with Crippen LogP contribution in [0, 0.1) is 0 Å². The molecule has 0 radical (unpaired) electrons. The Bertz CT molecular complexity index is 1290. The molecule has 9 heteroatoms. The second-order valence-electron chi connectivity index (χ2n) is 7.12. The van der Waals surface area contributed by atoms with E-state index in [1.165, 1.54) is 0 Å². The molecule has 30 heavy (non-hydrogen) atoms. The first-order valence-electron chi connectivity index (χ1n) is 9.59. The Morgan fingerprint density at radius 3 is 2.77 bits per heavy atom. The van der Waals surface area contributed by atoms with E-state index in [1.807, 2.05) is 67.5 Å². The van der Waals surface area contributed by atoms with Crippen molar-refractivity contribution in [2.24, 2.45) is 0 Å². The van der Waals surface area contributed by atoms with Gasteiger partial charge in [0.15, 0.2) is 11.5 Å². The molecule has 9 nitrogen and oxygen atoms in total. The van der Waals surface area contributed by atoms with E-state index >= 15 is 0 Å². The van der Waals surface area contributed by atoms with E-state index in [4.69, 9.17) is 0 Å². The molecule has 0 saturated heterocycles. The van der Waals surface area contributed by atoms with E-state index in [-0.39, 0.29) is 0 Å². The van der Waals surface area contributed by atoms with Crippen LogP contribution in [0.25, 0.3) is 22.2 Å². The first kappa shape index (κ1) is 17.9. The van der Waals surface area contributed by atoms with Crippen molar-refractivity contribution in [3.8, 4) is 0 Å². The number of imidazole rings is 2. The predicted octanol–water partition coefficient (Wildman–Crippen LogP) is 3.65. The van der Waals surface area contributed by atoms with Crippen molar-refractivity contribution < 1.29 is 0 Å². The van der Waals surface area contributed by atoms with E-state index in [2.05, 4.69) is 40.5 Å². The molecule has 0 aliphatic rings. The molecule has 2 aromatic carbocycles. The largest absolute Gasteiger partial charge is 0.378 e. The number of hydrogen-bond donors (Lipinski definition) is 4. The maximum atomic E-state index is 4.65. The summed E-state index contributed by atoms with van der Waals surface area (Å²) in [5.74, 6) is 1.96. The second-order valence-corrected chi connectivity index (χ2v) is 7.12. The number of H-pyrrole nitrogens is 2. The van der Waals surface area contributed by atoms with Crippen molar-refractivity contribution in [1.29, 1.82) is 0 Å². The quantitative estimate of drug-likeness (QED) is 0.345. The minimum Gasteiger partial charge on any atom is -0.378 e. The molecule has 3 aromatic heterocycles. The van der Waals surface area contributed by atoms with Gasteiger partial charge in [0.05, 0.1) is 23.9 Å². The molecule has 0 amide bonds. The zero-order valence-corrected chi connectivity index (χ0v) is 16.6. The zero-order valence-electron chi connectivity index (χ0n) is 16.6. The third-order valence-corrected chi connectivity index (χ3v) is 4.77. The Hall–Kier alpha value is -4.14. The second kappa shape index (κ2) is 7.36. The number of fused-ring (bicyclic) bond motifs is 2. The molecule has 0 aliphatic heterocycles. The van der Waals surface area contributed by atoms with Gasteiger partial charge in [-0.2, -0.15) is 9.97 Å². The highest BCUT2D eigenvalue weighted by Crippen LogP contribution is 2.24. The van der Waals surface area contributed by atoms with E-state index in [0.29, 0.717) is 24.0 Å². The lowest BCUT2D eigenvalue weighted by atomic mass is 10.2. The first-order valence-corrected chi connectivity index (χ1v) is 9.59. The van der Waals surface area contributed by atoms with Gasteiger partial charge in [-0.25, -0.2) is 9.97 Å². The van der Waals surface area contributed by atoms with Crippen LogP contribution in [0.1, 0.15) is 5.82 Å². The van der Waals surface area contributed by atoms with Gasteiger partial charge in [0.1, 0.15) is 11.3 Å². The number of nitrogens with zero attached hydrogens (tertiary/aromatic N) is 5. The van der Waals surface area contributed by atoms with Crippen molar-refractivity contribution in [3.05, 3.63) is 60.7 Å². The SMILES string of the molecule is CN(C)c1cccc(Nc2nc(NCc3nc4ccccc4[nH]3)c3[nH]cnc3n2)c1. The number of aromatic nitrogens is 6. The fraction of sp³-hybridized carbons (Fsp3) is 0.143. The van der Waals surface area contributed by atoms with Gasteiger partial charge in [-0.1, -0.05) is 18.2 Å². The molecule has 4 N–H and O–H groups in total. The highest BCUT2D eigenvalue weighted by Gasteiger charge is 2.11. The first-order chi connectivity index (χ1) is 14.7. The van der Waals surface area contributed by atoms with Crippen LogP contribution < -0.4 is 15.5 Å². The van der Waals surface area contributed by atoms with Crippen LogP contribution in [0.2, 0.25) is 0 Å². The molecule has 0 unspecified atom stereocenters. The molecule has 0 bridgehead atoms. The molecular weight excluding hydrogens is 378 g/mol. The van der Waals surface area contributed by atoms with Crippen molar-refractivity contribution >= 4 is 45.3 Å². The van der Waals surface area contributed by atoms with Gasteiger partial charge in [0.2, 0.25) is 5.95 Å². The van der Waals surface area contributed by atoms with Crippen LogP contribution in [0.4, 0.5) is 23.1 Å².